The molecule has 2 rings (SSSR count). The zero-order valence-corrected chi connectivity index (χ0v) is 14.8. The van der Waals surface area contributed by atoms with Crippen molar-refractivity contribution in [2.75, 3.05) is 5.32 Å². The van der Waals surface area contributed by atoms with Crippen LogP contribution in [0.2, 0.25) is 0 Å². The highest BCUT2D eigenvalue weighted by atomic mass is 79.9. The van der Waals surface area contributed by atoms with Gasteiger partial charge in [-0.2, -0.15) is 5.10 Å². The molecule has 0 spiro atoms. The van der Waals surface area contributed by atoms with Crippen molar-refractivity contribution >= 4 is 33.4 Å². The van der Waals surface area contributed by atoms with Crippen LogP contribution in [0.3, 0.4) is 0 Å². The van der Waals surface area contributed by atoms with E-state index in [1.54, 1.807) is 10.7 Å². The minimum atomic E-state index is -0.436. The lowest BCUT2D eigenvalue weighted by Crippen LogP contribution is -2.25. The summed E-state index contributed by atoms with van der Waals surface area (Å²) in [7, 11) is 0. The van der Waals surface area contributed by atoms with Gasteiger partial charge in [-0.05, 0) is 56.1 Å². The largest absolute Gasteiger partial charge is 0.460 e. The van der Waals surface area contributed by atoms with E-state index in [9.17, 15) is 4.79 Å². The number of hydrogen-bond acceptors (Lipinski definition) is 5. The molecule has 120 valence electrons. The smallest absolute Gasteiger partial charge is 0.306 e. The van der Waals surface area contributed by atoms with Crippen molar-refractivity contribution in [3.8, 4) is 0 Å². The number of carbonyl (C=O) groups excluding carboxylic acids is 1. The molecule has 1 unspecified atom stereocenters. The van der Waals surface area contributed by atoms with E-state index in [2.05, 4.69) is 31.3 Å². The molecule has 0 aliphatic carbocycles. The van der Waals surface area contributed by atoms with Crippen molar-refractivity contribution < 1.29 is 9.53 Å². The topological polar surface area (TPSA) is 68.5 Å². The summed E-state index contributed by atoms with van der Waals surface area (Å²) >= 11 is 3.41. The summed E-state index contributed by atoms with van der Waals surface area (Å²) in [5.41, 5.74) is 0.318. The molecule has 2 aromatic rings. The van der Waals surface area contributed by atoms with E-state index in [4.69, 9.17) is 4.74 Å². The number of ether oxygens (including phenoxy) is 1. The first-order valence-corrected chi connectivity index (χ1v) is 8.02. The van der Waals surface area contributed by atoms with Crippen molar-refractivity contribution in [1.82, 2.24) is 14.6 Å². The molecule has 0 fully saturated rings. The monoisotopic (exact) mass is 368 g/mol. The zero-order valence-electron chi connectivity index (χ0n) is 13.3. The fourth-order valence-electron chi connectivity index (χ4n) is 1.97. The predicted octanol–water partition coefficient (Wildman–Crippen LogP) is 3.41. The van der Waals surface area contributed by atoms with E-state index in [0.29, 0.717) is 12.8 Å². The highest BCUT2D eigenvalue weighted by molar-refractivity contribution is 9.10. The molecular weight excluding hydrogens is 348 g/mol. The Hall–Kier alpha value is -1.63. The Labute approximate surface area is 138 Å². The molecule has 1 atom stereocenters. The Morgan fingerprint density at radius 2 is 2.23 bits per heavy atom. The van der Waals surface area contributed by atoms with E-state index in [-0.39, 0.29) is 12.0 Å². The van der Waals surface area contributed by atoms with Crippen LogP contribution in [0.15, 0.2) is 22.9 Å². The predicted molar refractivity (Wildman–Crippen MR) is 88.9 cm³/mol. The molecule has 0 amide bonds. The molecule has 0 aromatic carbocycles. The van der Waals surface area contributed by atoms with Gasteiger partial charge in [0.25, 0.3) is 0 Å². The average molecular weight is 369 g/mol. The normalized spacial score (nSPS) is 13.1. The van der Waals surface area contributed by atoms with E-state index in [0.717, 1.165) is 15.9 Å². The molecule has 2 heterocycles. The van der Waals surface area contributed by atoms with Crippen LogP contribution in [0.5, 0.6) is 0 Å². The molecule has 0 saturated carbocycles. The van der Waals surface area contributed by atoms with Gasteiger partial charge in [-0.3, -0.25) is 4.79 Å². The second-order valence-corrected chi connectivity index (χ2v) is 7.10. The van der Waals surface area contributed by atoms with Gasteiger partial charge in [0, 0.05) is 18.7 Å². The quantitative estimate of drug-likeness (QED) is 0.818. The Balaban J connectivity index is 1.89. The third-order valence-electron chi connectivity index (χ3n) is 2.92. The molecule has 0 radical (unpaired) electrons. The molecule has 2 aromatic heterocycles. The lowest BCUT2D eigenvalue weighted by atomic mass is 10.1. The lowest BCUT2D eigenvalue weighted by Gasteiger charge is -2.20. The van der Waals surface area contributed by atoms with Gasteiger partial charge >= 0.3 is 5.97 Å². The zero-order chi connectivity index (χ0) is 16.3. The molecule has 6 nitrogen and oxygen atoms in total. The molecule has 0 aliphatic heterocycles. The number of carbonyl (C=O) groups is 1. The van der Waals surface area contributed by atoms with E-state index in [1.165, 1.54) is 0 Å². The number of nitrogens with zero attached hydrogens (tertiary/aromatic N) is 3. The summed E-state index contributed by atoms with van der Waals surface area (Å²) in [5.74, 6) is 0.577. The molecule has 0 aliphatic rings. The third kappa shape index (κ3) is 4.69. The van der Waals surface area contributed by atoms with Crippen LogP contribution in [0.25, 0.3) is 5.65 Å². The fourth-order valence-corrected chi connectivity index (χ4v) is 2.33. The number of anilines is 1. The standard InChI is InChI=1S/C15H21BrN4O2/c1-10(5-6-13(21)22-15(2,3)4)18-12-7-8-20-14(19-12)11(16)9-17-20/h7-10H,5-6H2,1-4H3,(H,18,19). The summed E-state index contributed by atoms with van der Waals surface area (Å²) in [6.45, 7) is 7.63. The minimum absolute atomic E-state index is 0.115. The number of hydrogen-bond donors (Lipinski definition) is 1. The van der Waals surface area contributed by atoms with Crippen LogP contribution in [0.4, 0.5) is 5.82 Å². The minimum Gasteiger partial charge on any atom is -0.460 e. The van der Waals surface area contributed by atoms with Crippen molar-refractivity contribution in [3.05, 3.63) is 22.9 Å². The summed E-state index contributed by atoms with van der Waals surface area (Å²) < 4.78 is 7.84. The van der Waals surface area contributed by atoms with Crippen molar-refractivity contribution in [2.24, 2.45) is 0 Å². The van der Waals surface area contributed by atoms with Crippen LogP contribution >= 0.6 is 15.9 Å². The Bertz CT molecular complexity index is 663. The Morgan fingerprint density at radius 1 is 1.50 bits per heavy atom. The molecule has 7 heteroatoms. The van der Waals surface area contributed by atoms with Gasteiger partial charge in [-0.1, -0.05) is 0 Å². The van der Waals surface area contributed by atoms with Gasteiger partial charge in [-0.15, -0.1) is 0 Å². The number of halogens is 1. The van der Waals surface area contributed by atoms with E-state index in [1.807, 2.05) is 40.0 Å². The molecule has 22 heavy (non-hydrogen) atoms. The number of rotatable bonds is 5. The summed E-state index contributed by atoms with van der Waals surface area (Å²) in [6, 6.07) is 1.97. The summed E-state index contributed by atoms with van der Waals surface area (Å²) in [4.78, 5) is 16.2. The van der Waals surface area contributed by atoms with Crippen molar-refractivity contribution in [2.45, 2.75) is 52.2 Å². The second kappa shape index (κ2) is 6.64. The van der Waals surface area contributed by atoms with Gasteiger partial charge in [0.05, 0.1) is 10.7 Å². The van der Waals surface area contributed by atoms with Gasteiger partial charge in [0.2, 0.25) is 0 Å². The molecular formula is C15H21BrN4O2. The maximum absolute atomic E-state index is 11.7. The molecule has 0 bridgehead atoms. The first-order valence-electron chi connectivity index (χ1n) is 7.23. The first kappa shape index (κ1) is 16.7. The number of esters is 1. The van der Waals surface area contributed by atoms with Crippen LogP contribution in [0, 0.1) is 0 Å². The highest BCUT2D eigenvalue weighted by Crippen LogP contribution is 2.18. The van der Waals surface area contributed by atoms with Crippen LogP contribution in [0.1, 0.15) is 40.5 Å². The highest BCUT2D eigenvalue weighted by Gasteiger charge is 2.17. The van der Waals surface area contributed by atoms with Gasteiger partial charge in [-0.25, -0.2) is 9.50 Å². The lowest BCUT2D eigenvalue weighted by molar-refractivity contribution is -0.154. The van der Waals surface area contributed by atoms with Crippen LogP contribution < -0.4 is 5.32 Å². The summed E-state index contributed by atoms with van der Waals surface area (Å²) in [6.07, 6.45) is 4.61. The third-order valence-corrected chi connectivity index (χ3v) is 3.48. The second-order valence-electron chi connectivity index (χ2n) is 6.24. The van der Waals surface area contributed by atoms with Gasteiger partial charge in [0.15, 0.2) is 5.65 Å². The SMILES string of the molecule is CC(CCC(=O)OC(C)(C)C)Nc1ccn2ncc(Br)c2n1. The Kier molecular flexibility index (Phi) is 5.05. The van der Waals surface area contributed by atoms with Crippen LogP contribution in [-0.2, 0) is 9.53 Å². The van der Waals surface area contributed by atoms with Crippen molar-refractivity contribution in [1.29, 1.82) is 0 Å². The number of aromatic nitrogens is 3. The average Bonchev–Trinajstić information content (AvgIpc) is 2.76. The first-order chi connectivity index (χ1) is 10.2. The van der Waals surface area contributed by atoms with E-state index >= 15 is 0 Å². The van der Waals surface area contributed by atoms with E-state index < -0.39 is 5.60 Å². The van der Waals surface area contributed by atoms with Crippen LogP contribution in [-0.4, -0.2) is 32.2 Å². The van der Waals surface area contributed by atoms with Gasteiger partial charge < -0.3 is 10.1 Å². The fraction of sp³-hybridized carbons (Fsp3) is 0.533. The molecule has 1 N–H and O–H groups in total. The summed E-state index contributed by atoms with van der Waals surface area (Å²) in [5, 5.41) is 7.44. The molecule has 0 saturated heterocycles. The Morgan fingerprint density at radius 3 is 2.91 bits per heavy atom. The van der Waals surface area contributed by atoms with Gasteiger partial charge in [0.1, 0.15) is 11.4 Å². The number of fused-ring (bicyclic) bond motifs is 1. The van der Waals surface area contributed by atoms with Crippen molar-refractivity contribution in [3.63, 3.8) is 0 Å². The number of nitrogens with one attached hydrogen (secondary N) is 1. The maximum atomic E-state index is 11.7. The maximum Gasteiger partial charge on any atom is 0.306 e.